The van der Waals surface area contributed by atoms with Crippen molar-refractivity contribution in [3.63, 3.8) is 0 Å². The first kappa shape index (κ1) is 28.0. The summed E-state index contributed by atoms with van der Waals surface area (Å²) in [7, 11) is 0. The van der Waals surface area contributed by atoms with E-state index in [0.717, 1.165) is 74.0 Å². The van der Waals surface area contributed by atoms with Crippen LogP contribution in [-0.4, -0.2) is 22.2 Å². The van der Waals surface area contributed by atoms with Crippen molar-refractivity contribution in [1.29, 1.82) is 0 Å². The second-order valence-electron chi connectivity index (χ2n) is 8.89. The van der Waals surface area contributed by atoms with Gasteiger partial charge in [0.2, 0.25) is 0 Å². The lowest BCUT2D eigenvalue weighted by Crippen LogP contribution is -2.13. The molecule has 0 radical (unpaired) electrons. The highest BCUT2D eigenvalue weighted by Gasteiger charge is 2.33. The van der Waals surface area contributed by atoms with Gasteiger partial charge in [0, 0.05) is 30.6 Å². The van der Waals surface area contributed by atoms with Crippen molar-refractivity contribution >= 4 is 34.6 Å². The van der Waals surface area contributed by atoms with Crippen LogP contribution in [0.4, 0.5) is 8.78 Å². The quantitative estimate of drug-likeness (QED) is 0.202. The van der Waals surface area contributed by atoms with Crippen molar-refractivity contribution in [2.75, 3.05) is 0 Å². The SMILES string of the molecule is CCCCCCc1ccc(-c2c(F)c(C(=O)O)c(-c3ccc(CCCCCC)s3)c(F)c2C(=O)O)s1. The smallest absolute Gasteiger partial charge is 0.339 e. The number of unbranched alkanes of at least 4 members (excludes halogenated alkanes) is 6. The van der Waals surface area contributed by atoms with Crippen LogP contribution >= 0.6 is 22.7 Å². The lowest BCUT2D eigenvalue weighted by atomic mass is 9.94. The van der Waals surface area contributed by atoms with Gasteiger partial charge in [-0.3, -0.25) is 0 Å². The summed E-state index contributed by atoms with van der Waals surface area (Å²) in [6.45, 7) is 4.23. The largest absolute Gasteiger partial charge is 0.478 e. The van der Waals surface area contributed by atoms with Crippen molar-refractivity contribution in [2.24, 2.45) is 0 Å². The van der Waals surface area contributed by atoms with Crippen molar-refractivity contribution in [1.82, 2.24) is 0 Å². The number of halogens is 2. The van der Waals surface area contributed by atoms with E-state index in [2.05, 4.69) is 13.8 Å². The summed E-state index contributed by atoms with van der Waals surface area (Å²) in [5.41, 5.74) is -2.65. The van der Waals surface area contributed by atoms with Gasteiger partial charge in [-0.05, 0) is 49.9 Å². The fourth-order valence-electron chi connectivity index (χ4n) is 4.30. The minimum absolute atomic E-state index is 0.214. The van der Waals surface area contributed by atoms with Gasteiger partial charge in [0.05, 0.1) is 0 Å². The van der Waals surface area contributed by atoms with Gasteiger partial charge in [-0.25, -0.2) is 18.4 Å². The van der Waals surface area contributed by atoms with Crippen LogP contribution in [0.5, 0.6) is 0 Å². The Hall–Kier alpha value is -2.58. The molecule has 0 spiro atoms. The molecule has 0 saturated heterocycles. The summed E-state index contributed by atoms with van der Waals surface area (Å²) in [5.74, 6) is -5.69. The Kier molecular flexibility index (Phi) is 10.2. The third-order valence-corrected chi connectivity index (χ3v) is 8.50. The highest BCUT2D eigenvalue weighted by Crippen LogP contribution is 2.43. The zero-order valence-electron chi connectivity index (χ0n) is 20.7. The number of hydrogen-bond acceptors (Lipinski definition) is 4. The Morgan fingerprint density at radius 2 is 1.06 bits per heavy atom. The number of aryl methyl sites for hydroxylation is 2. The summed E-state index contributed by atoms with van der Waals surface area (Å²) in [6.07, 6.45) is 9.87. The average Bonchev–Trinajstić information content (AvgIpc) is 3.49. The molecule has 0 saturated carbocycles. The van der Waals surface area contributed by atoms with Gasteiger partial charge < -0.3 is 10.2 Å². The number of thiophene rings is 2. The Labute approximate surface area is 218 Å². The van der Waals surface area contributed by atoms with E-state index >= 15 is 8.78 Å². The zero-order valence-corrected chi connectivity index (χ0v) is 22.3. The van der Waals surface area contributed by atoms with Crippen LogP contribution in [0, 0.1) is 11.6 Å². The molecule has 194 valence electrons. The molecule has 3 aromatic rings. The Morgan fingerprint density at radius 3 is 1.39 bits per heavy atom. The fourth-order valence-corrected chi connectivity index (χ4v) is 6.49. The molecule has 0 aliphatic rings. The number of hydrogen-bond donors (Lipinski definition) is 2. The summed E-state index contributed by atoms with van der Waals surface area (Å²) in [4.78, 5) is 26.6. The Bertz CT molecular complexity index is 1120. The second kappa shape index (κ2) is 13.1. The number of rotatable bonds is 14. The van der Waals surface area contributed by atoms with Gasteiger partial charge >= 0.3 is 11.9 Å². The molecule has 1 aromatic carbocycles. The minimum Gasteiger partial charge on any atom is -0.478 e. The average molecular weight is 535 g/mol. The number of carboxylic acids is 2. The van der Waals surface area contributed by atoms with Crippen molar-refractivity contribution < 1.29 is 28.6 Å². The fraction of sp³-hybridized carbons (Fsp3) is 0.429. The van der Waals surface area contributed by atoms with E-state index in [1.165, 1.54) is 22.7 Å². The number of carbonyl (C=O) groups is 2. The molecule has 0 atom stereocenters. The zero-order chi connectivity index (χ0) is 26.2. The monoisotopic (exact) mass is 534 g/mol. The first-order valence-corrected chi connectivity index (χ1v) is 14.1. The van der Waals surface area contributed by atoms with E-state index in [9.17, 15) is 19.8 Å². The maximum absolute atomic E-state index is 15.8. The first-order chi connectivity index (χ1) is 17.3. The number of benzene rings is 1. The third-order valence-electron chi connectivity index (χ3n) is 6.18. The normalized spacial score (nSPS) is 11.2. The third kappa shape index (κ3) is 6.40. The predicted octanol–water partition coefficient (Wildman–Crippen LogP) is 9.06. The lowest BCUT2D eigenvalue weighted by molar-refractivity contribution is 0.0674. The van der Waals surface area contributed by atoms with E-state index in [-0.39, 0.29) is 9.75 Å². The van der Waals surface area contributed by atoms with Gasteiger partial charge in [0.15, 0.2) is 0 Å². The van der Waals surface area contributed by atoms with Crippen LogP contribution in [0.3, 0.4) is 0 Å². The van der Waals surface area contributed by atoms with Crippen LogP contribution in [-0.2, 0) is 12.8 Å². The molecule has 0 unspecified atom stereocenters. The number of carboxylic acid groups (broad SMARTS) is 2. The maximum atomic E-state index is 15.8. The van der Waals surface area contributed by atoms with Gasteiger partial charge in [0.25, 0.3) is 0 Å². The molecule has 0 aliphatic heterocycles. The maximum Gasteiger partial charge on any atom is 0.339 e. The topological polar surface area (TPSA) is 74.6 Å². The highest BCUT2D eigenvalue weighted by atomic mass is 32.1. The molecule has 8 heteroatoms. The van der Waals surface area contributed by atoms with E-state index in [4.69, 9.17) is 0 Å². The molecule has 2 aromatic heterocycles. The van der Waals surface area contributed by atoms with Crippen LogP contribution in [0.15, 0.2) is 24.3 Å². The molecule has 36 heavy (non-hydrogen) atoms. The van der Waals surface area contributed by atoms with E-state index in [1.807, 2.05) is 0 Å². The van der Waals surface area contributed by atoms with Crippen LogP contribution < -0.4 is 0 Å². The second-order valence-corrected chi connectivity index (χ2v) is 11.2. The first-order valence-electron chi connectivity index (χ1n) is 12.5. The molecule has 3 rings (SSSR count). The van der Waals surface area contributed by atoms with E-state index < -0.39 is 45.8 Å². The van der Waals surface area contributed by atoms with Crippen molar-refractivity contribution in [3.05, 3.63) is 56.8 Å². The summed E-state index contributed by atoms with van der Waals surface area (Å²) >= 11 is 2.35. The molecule has 0 amide bonds. The highest BCUT2D eigenvalue weighted by molar-refractivity contribution is 7.16. The lowest BCUT2D eigenvalue weighted by Gasteiger charge is -2.15. The standard InChI is InChI=1S/C28H32F2O4S2/c1-3-5-7-9-11-17-13-15-19(35-17)21-23(27(31)32)26(30)22(24(25(21)29)28(33)34)20-16-14-18(36-20)12-10-8-6-4-2/h13-16H,3-12H2,1-2H3,(H,31,32)(H,33,34). The molecule has 2 heterocycles. The van der Waals surface area contributed by atoms with Crippen LogP contribution in [0.1, 0.15) is 95.7 Å². The molecule has 2 N–H and O–H groups in total. The molecular weight excluding hydrogens is 502 g/mol. The van der Waals surface area contributed by atoms with Crippen molar-refractivity contribution in [2.45, 2.75) is 78.1 Å². The molecule has 0 aliphatic carbocycles. The molecule has 4 nitrogen and oxygen atoms in total. The van der Waals surface area contributed by atoms with Crippen LogP contribution in [0.2, 0.25) is 0 Å². The molecular formula is C28H32F2O4S2. The van der Waals surface area contributed by atoms with E-state index in [0.29, 0.717) is 0 Å². The molecule has 0 bridgehead atoms. The Morgan fingerprint density at radius 1 is 0.667 bits per heavy atom. The van der Waals surface area contributed by atoms with Gasteiger partial charge in [-0.15, -0.1) is 22.7 Å². The Balaban J connectivity index is 2.06. The van der Waals surface area contributed by atoms with Gasteiger partial charge in [-0.2, -0.15) is 0 Å². The summed E-state index contributed by atoms with van der Waals surface area (Å²) in [5, 5.41) is 19.7. The summed E-state index contributed by atoms with van der Waals surface area (Å²) < 4.78 is 31.6. The summed E-state index contributed by atoms with van der Waals surface area (Å²) in [6, 6.07) is 6.64. The molecule has 0 fully saturated rings. The number of aromatic carboxylic acids is 2. The predicted molar refractivity (Wildman–Crippen MR) is 143 cm³/mol. The van der Waals surface area contributed by atoms with Gasteiger partial charge in [0.1, 0.15) is 22.8 Å². The van der Waals surface area contributed by atoms with E-state index in [1.54, 1.807) is 24.3 Å². The van der Waals surface area contributed by atoms with Gasteiger partial charge in [-0.1, -0.05) is 52.4 Å². The minimum atomic E-state index is -1.63. The van der Waals surface area contributed by atoms with Crippen LogP contribution in [0.25, 0.3) is 20.9 Å². The van der Waals surface area contributed by atoms with Crippen molar-refractivity contribution in [3.8, 4) is 20.9 Å².